The van der Waals surface area contributed by atoms with Crippen LogP contribution in [-0.4, -0.2) is 24.8 Å². The molecule has 0 unspecified atom stereocenters. The molecule has 0 bridgehead atoms. The summed E-state index contributed by atoms with van der Waals surface area (Å²) in [5.74, 6) is -0.575. The van der Waals surface area contributed by atoms with Gasteiger partial charge in [0.2, 0.25) is 0 Å². The molecule has 7 heteroatoms. The lowest BCUT2D eigenvalue weighted by molar-refractivity contribution is 0.483. The molecule has 0 amide bonds. The van der Waals surface area contributed by atoms with Gasteiger partial charge in [-0.25, -0.2) is 12.8 Å². The van der Waals surface area contributed by atoms with Crippen molar-refractivity contribution in [3.63, 3.8) is 0 Å². The van der Waals surface area contributed by atoms with Gasteiger partial charge in [-0.15, -0.1) is 0 Å². The number of hydrogen-bond acceptors (Lipinski definition) is 4. The van der Waals surface area contributed by atoms with Crippen LogP contribution in [0.2, 0.25) is 0 Å². The highest BCUT2D eigenvalue weighted by Gasteiger charge is 2.62. The summed E-state index contributed by atoms with van der Waals surface area (Å²) in [5.41, 5.74) is 4.96. The van der Waals surface area contributed by atoms with Crippen molar-refractivity contribution >= 4 is 31.6 Å². The molecule has 108 valence electrons. The van der Waals surface area contributed by atoms with E-state index in [1.54, 1.807) is 19.1 Å². The number of nitrogens with two attached hydrogens (primary N) is 1. The second-order valence-electron chi connectivity index (χ2n) is 5.65. The number of benzene rings is 1. The lowest BCUT2D eigenvalue weighted by atomic mass is 9.94. The van der Waals surface area contributed by atoms with Crippen molar-refractivity contribution in [1.29, 1.82) is 0 Å². The van der Waals surface area contributed by atoms with Gasteiger partial charge < -0.3 is 5.73 Å². The quantitative estimate of drug-likeness (QED) is 0.833. The van der Waals surface area contributed by atoms with Crippen LogP contribution in [0.25, 0.3) is 0 Å². The Balaban J connectivity index is 2.19. The number of hydrogen-bond donors (Lipinski definition) is 1. The lowest BCUT2D eigenvalue weighted by Gasteiger charge is -2.34. The predicted molar refractivity (Wildman–Crippen MR) is 78.8 cm³/mol. The van der Waals surface area contributed by atoms with Gasteiger partial charge in [-0.2, -0.15) is 0 Å². The van der Waals surface area contributed by atoms with Gasteiger partial charge in [-0.3, -0.25) is 4.99 Å². The molecule has 1 aliphatic heterocycles. The zero-order valence-corrected chi connectivity index (χ0v) is 13.3. The van der Waals surface area contributed by atoms with Crippen molar-refractivity contribution < 1.29 is 12.8 Å². The number of amidine groups is 1. The monoisotopic (exact) mass is 360 g/mol. The maximum Gasteiger partial charge on any atom is 0.165 e. The van der Waals surface area contributed by atoms with Crippen LogP contribution in [0.1, 0.15) is 25.3 Å². The first-order valence-electron chi connectivity index (χ1n) is 6.24. The molecule has 0 aromatic heterocycles. The van der Waals surface area contributed by atoms with Gasteiger partial charge in [-0.1, -0.05) is 15.9 Å². The van der Waals surface area contributed by atoms with Gasteiger partial charge in [0.1, 0.15) is 21.9 Å². The van der Waals surface area contributed by atoms with Gasteiger partial charge in [0.25, 0.3) is 0 Å². The van der Waals surface area contributed by atoms with Crippen LogP contribution in [0.4, 0.5) is 4.39 Å². The number of halogens is 2. The van der Waals surface area contributed by atoms with E-state index in [9.17, 15) is 12.8 Å². The summed E-state index contributed by atoms with van der Waals surface area (Å²) >= 11 is 3.27. The van der Waals surface area contributed by atoms with Crippen LogP contribution in [0, 0.1) is 5.82 Å². The van der Waals surface area contributed by atoms with Gasteiger partial charge in [-0.05, 0) is 38.0 Å². The van der Waals surface area contributed by atoms with E-state index in [0.29, 0.717) is 17.3 Å². The van der Waals surface area contributed by atoms with Crippen LogP contribution >= 0.6 is 15.9 Å². The van der Waals surface area contributed by atoms with Gasteiger partial charge in [0, 0.05) is 10.0 Å². The largest absolute Gasteiger partial charge is 0.386 e. The average molecular weight is 361 g/mol. The summed E-state index contributed by atoms with van der Waals surface area (Å²) in [6, 6.07) is 4.42. The summed E-state index contributed by atoms with van der Waals surface area (Å²) in [6.07, 6.45) is 1.03. The van der Waals surface area contributed by atoms with E-state index < -0.39 is 25.9 Å². The van der Waals surface area contributed by atoms with Gasteiger partial charge in [0.05, 0.1) is 5.75 Å². The molecule has 20 heavy (non-hydrogen) atoms. The SMILES string of the molecule is C[C@@]1(c2cc(Br)ccc2F)CS(=O)(=O)C2(CC2)C(N)=N1. The number of rotatable bonds is 1. The molecular formula is C13H14BrFN2O2S. The molecule has 1 heterocycles. The Morgan fingerprint density at radius 2 is 2.05 bits per heavy atom. The molecule has 0 radical (unpaired) electrons. The van der Waals surface area contributed by atoms with Crippen LogP contribution in [-0.2, 0) is 15.4 Å². The minimum atomic E-state index is -3.42. The van der Waals surface area contributed by atoms with Crippen LogP contribution < -0.4 is 5.73 Å². The molecule has 2 aliphatic rings. The Hall–Kier alpha value is -0.950. The fraction of sp³-hybridized carbons (Fsp3) is 0.462. The number of aliphatic imine (C=N–C) groups is 1. The molecule has 1 spiro atoms. The normalized spacial score (nSPS) is 30.1. The smallest absolute Gasteiger partial charge is 0.165 e. The van der Waals surface area contributed by atoms with Crippen molar-refractivity contribution in [2.24, 2.45) is 10.7 Å². The van der Waals surface area contributed by atoms with E-state index in [2.05, 4.69) is 20.9 Å². The fourth-order valence-electron chi connectivity index (χ4n) is 2.80. The Kier molecular flexibility index (Phi) is 2.83. The second kappa shape index (κ2) is 4.04. The summed E-state index contributed by atoms with van der Waals surface area (Å²) in [4.78, 5) is 4.35. The molecule has 1 atom stereocenters. The first kappa shape index (κ1) is 14.0. The van der Waals surface area contributed by atoms with Crippen LogP contribution in [0.3, 0.4) is 0 Å². The molecule has 1 fully saturated rings. The van der Waals surface area contributed by atoms with Crippen molar-refractivity contribution in [1.82, 2.24) is 0 Å². The molecule has 1 aromatic rings. The standard InChI is InChI=1S/C13H14BrFN2O2S/c1-12(9-6-8(14)2-3-10(9)15)7-20(18,19)13(4-5-13)11(16)17-12/h2-3,6H,4-5,7H2,1H3,(H2,16,17)/t12-/m0/s1. The minimum absolute atomic E-state index is 0.116. The Morgan fingerprint density at radius 3 is 2.60 bits per heavy atom. The maximum atomic E-state index is 14.1. The molecule has 2 N–H and O–H groups in total. The molecule has 1 saturated carbocycles. The highest BCUT2D eigenvalue weighted by Crippen LogP contribution is 2.50. The summed E-state index contributed by atoms with van der Waals surface area (Å²) in [5, 5.41) is 0. The molecule has 1 aliphatic carbocycles. The zero-order valence-electron chi connectivity index (χ0n) is 10.9. The van der Waals surface area contributed by atoms with E-state index in [4.69, 9.17) is 5.73 Å². The second-order valence-corrected chi connectivity index (χ2v) is 8.86. The highest BCUT2D eigenvalue weighted by atomic mass is 79.9. The van der Waals surface area contributed by atoms with Gasteiger partial charge >= 0.3 is 0 Å². The Bertz CT molecular complexity index is 728. The predicted octanol–water partition coefficient (Wildman–Crippen LogP) is 2.12. The van der Waals surface area contributed by atoms with Crippen molar-refractivity contribution in [2.75, 3.05) is 5.75 Å². The van der Waals surface area contributed by atoms with E-state index in [1.165, 1.54) is 6.07 Å². The lowest BCUT2D eigenvalue weighted by Crippen LogP contribution is -2.50. The summed E-state index contributed by atoms with van der Waals surface area (Å²) in [6.45, 7) is 1.61. The number of sulfone groups is 1. The molecular weight excluding hydrogens is 347 g/mol. The topological polar surface area (TPSA) is 72.5 Å². The first-order chi connectivity index (χ1) is 9.20. The third-order valence-corrected chi connectivity index (χ3v) is 7.36. The summed E-state index contributed by atoms with van der Waals surface area (Å²) < 4.78 is 38.7. The number of nitrogens with zero attached hydrogens (tertiary/aromatic N) is 1. The first-order valence-corrected chi connectivity index (χ1v) is 8.68. The van der Waals surface area contributed by atoms with E-state index >= 15 is 0 Å². The molecule has 0 saturated heterocycles. The molecule has 1 aromatic carbocycles. The Morgan fingerprint density at radius 1 is 1.40 bits per heavy atom. The van der Waals surface area contributed by atoms with Crippen LogP contribution in [0.15, 0.2) is 27.7 Å². The third-order valence-electron chi connectivity index (χ3n) is 4.11. The van der Waals surface area contributed by atoms with Crippen molar-refractivity contribution in [3.05, 3.63) is 34.1 Å². The highest BCUT2D eigenvalue weighted by molar-refractivity contribution is 9.10. The summed E-state index contributed by atoms with van der Waals surface area (Å²) in [7, 11) is -3.42. The Labute approximate surface area is 125 Å². The third kappa shape index (κ3) is 1.83. The van der Waals surface area contributed by atoms with E-state index in [0.717, 1.165) is 0 Å². The van der Waals surface area contributed by atoms with E-state index in [-0.39, 0.29) is 17.2 Å². The molecule has 3 rings (SSSR count). The van der Waals surface area contributed by atoms with Crippen molar-refractivity contribution in [2.45, 2.75) is 30.1 Å². The maximum absolute atomic E-state index is 14.1. The van der Waals surface area contributed by atoms with Crippen LogP contribution in [0.5, 0.6) is 0 Å². The molecule has 4 nitrogen and oxygen atoms in total. The van der Waals surface area contributed by atoms with E-state index in [1.807, 2.05) is 0 Å². The van der Waals surface area contributed by atoms with Gasteiger partial charge in [0.15, 0.2) is 9.84 Å². The zero-order chi connectivity index (χ0) is 14.8. The van der Waals surface area contributed by atoms with Crippen molar-refractivity contribution in [3.8, 4) is 0 Å². The fourth-order valence-corrected chi connectivity index (χ4v) is 5.48. The minimum Gasteiger partial charge on any atom is -0.386 e. The average Bonchev–Trinajstić information content (AvgIpc) is 3.11.